The Labute approximate surface area is 182 Å². The Morgan fingerprint density at radius 1 is 1.23 bits per heavy atom. The number of ether oxygens (including phenoxy) is 1. The summed E-state index contributed by atoms with van der Waals surface area (Å²) in [4.78, 5) is 28.2. The maximum atomic E-state index is 11.5. The molecule has 1 aliphatic heterocycles. The molecule has 0 spiro atoms. The summed E-state index contributed by atoms with van der Waals surface area (Å²) in [5, 5.41) is 3.85. The summed E-state index contributed by atoms with van der Waals surface area (Å²) in [5.41, 5.74) is 8.91. The largest absolute Gasteiger partial charge is 0.491 e. The second-order valence-electron chi connectivity index (χ2n) is 6.78. The zero-order valence-electron chi connectivity index (χ0n) is 16.7. The lowest BCUT2D eigenvalue weighted by molar-refractivity contribution is -0.118. The van der Waals surface area contributed by atoms with Gasteiger partial charge in [-0.1, -0.05) is 22.0 Å². The molecule has 0 saturated heterocycles. The van der Waals surface area contributed by atoms with E-state index < -0.39 is 6.03 Å². The van der Waals surface area contributed by atoms with E-state index in [9.17, 15) is 9.59 Å². The Balaban J connectivity index is 0.000000172. The first kappa shape index (κ1) is 21.5. The van der Waals surface area contributed by atoms with Gasteiger partial charge >= 0.3 is 6.03 Å². The smallest absolute Gasteiger partial charge is 0.339 e. The molecule has 156 valence electrons. The lowest BCUT2D eigenvalue weighted by Crippen LogP contribution is -2.25. The molecular weight excluding hydrogens is 450 g/mol. The molecule has 3 aromatic rings. The average molecular weight is 472 g/mol. The number of hydrogen-bond acceptors (Lipinski definition) is 5. The first-order valence-corrected chi connectivity index (χ1v) is 10.1. The van der Waals surface area contributed by atoms with Gasteiger partial charge in [-0.15, -0.1) is 0 Å². The zero-order chi connectivity index (χ0) is 21.7. The number of hydrogen-bond donors (Lipinski definition) is 1. The van der Waals surface area contributed by atoms with Crippen LogP contribution in [0.4, 0.5) is 10.5 Å². The predicted molar refractivity (Wildman–Crippen MR) is 117 cm³/mol. The number of carbonyl (C=O) groups excluding carboxylic acids is 2. The fourth-order valence-corrected chi connectivity index (χ4v) is 3.18. The highest BCUT2D eigenvalue weighted by atomic mass is 79.9. The fraction of sp³-hybridized carbons (Fsp3) is 0.238. The minimum Gasteiger partial charge on any atom is -0.491 e. The summed E-state index contributed by atoms with van der Waals surface area (Å²) < 4.78 is 7.53. The summed E-state index contributed by atoms with van der Waals surface area (Å²) in [6.07, 6.45) is 6.20. The van der Waals surface area contributed by atoms with Gasteiger partial charge in [-0.3, -0.25) is 9.78 Å². The van der Waals surface area contributed by atoms with Gasteiger partial charge in [0.05, 0.1) is 24.9 Å². The predicted octanol–water partition coefficient (Wildman–Crippen LogP) is 3.30. The van der Waals surface area contributed by atoms with Crippen molar-refractivity contribution in [2.75, 3.05) is 18.6 Å². The third-order valence-corrected chi connectivity index (χ3v) is 4.97. The SMILES string of the molecule is CN1C(=O)CCOc2ccc(Br)cc21.Cc1ccc(Cc2cnn(C(N)=O)c2)cn1. The normalized spacial score (nSPS) is 12.9. The molecule has 0 saturated carbocycles. The number of halogens is 1. The number of aryl methyl sites for hydroxylation is 1. The van der Waals surface area contributed by atoms with Crippen molar-refractivity contribution in [1.29, 1.82) is 0 Å². The average Bonchev–Trinajstić information content (AvgIpc) is 3.14. The van der Waals surface area contributed by atoms with Crippen molar-refractivity contribution in [2.24, 2.45) is 5.73 Å². The molecule has 0 fully saturated rings. The highest BCUT2D eigenvalue weighted by Gasteiger charge is 2.19. The Morgan fingerprint density at radius 3 is 2.70 bits per heavy atom. The summed E-state index contributed by atoms with van der Waals surface area (Å²) in [7, 11) is 1.77. The molecule has 0 atom stereocenters. The minimum absolute atomic E-state index is 0.0850. The third-order valence-electron chi connectivity index (χ3n) is 4.47. The van der Waals surface area contributed by atoms with Gasteiger partial charge in [0.15, 0.2) is 0 Å². The number of aromatic nitrogens is 3. The maximum absolute atomic E-state index is 11.5. The van der Waals surface area contributed by atoms with Crippen molar-refractivity contribution in [3.63, 3.8) is 0 Å². The van der Waals surface area contributed by atoms with Crippen LogP contribution in [-0.4, -0.2) is 40.4 Å². The quantitative estimate of drug-likeness (QED) is 0.617. The standard InChI is InChI=1S/C11H12N4O.C10H10BrNO2/c1-8-2-3-9(5-13-8)4-10-6-14-15(7-10)11(12)16;1-12-8-6-7(11)2-3-9(8)14-5-4-10(12)13/h2-3,5-7H,4H2,1H3,(H2,12,16);2-3,6H,4-5H2,1H3. The van der Waals surface area contributed by atoms with E-state index in [0.29, 0.717) is 19.4 Å². The topological polar surface area (TPSA) is 103 Å². The summed E-state index contributed by atoms with van der Waals surface area (Å²) in [6, 6.07) is 9.04. The molecule has 9 heteroatoms. The number of anilines is 1. The Bertz CT molecular complexity index is 1050. The lowest BCUT2D eigenvalue weighted by Gasteiger charge is -2.16. The lowest BCUT2D eigenvalue weighted by atomic mass is 10.1. The number of rotatable bonds is 2. The van der Waals surface area contributed by atoms with Crippen LogP contribution in [0.15, 0.2) is 53.4 Å². The van der Waals surface area contributed by atoms with Crippen molar-refractivity contribution < 1.29 is 14.3 Å². The highest BCUT2D eigenvalue weighted by Crippen LogP contribution is 2.32. The number of primary amides is 1. The highest BCUT2D eigenvalue weighted by molar-refractivity contribution is 9.10. The van der Waals surface area contributed by atoms with Crippen molar-refractivity contribution >= 4 is 33.6 Å². The second kappa shape index (κ2) is 9.53. The van der Waals surface area contributed by atoms with Crippen LogP contribution >= 0.6 is 15.9 Å². The van der Waals surface area contributed by atoms with Gasteiger partial charge < -0.3 is 15.4 Å². The van der Waals surface area contributed by atoms with E-state index in [4.69, 9.17) is 10.5 Å². The van der Waals surface area contributed by atoms with Crippen molar-refractivity contribution in [3.8, 4) is 5.75 Å². The molecule has 2 amide bonds. The van der Waals surface area contributed by atoms with E-state index in [1.807, 2.05) is 43.5 Å². The summed E-state index contributed by atoms with van der Waals surface area (Å²) >= 11 is 3.37. The van der Waals surface area contributed by atoms with Crippen LogP contribution in [0.1, 0.15) is 23.2 Å². The van der Waals surface area contributed by atoms with Crippen molar-refractivity contribution in [3.05, 3.63) is 70.2 Å². The van der Waals surface area contributed by atoms with Crippen molar-refractivity contribution in [2.45, 2.75) is 19.8 Å². The van der Waals surface area contributed by atoms with Gasteiger partial charge in [-0.2, -0.15) is 9.78 Å². The molecule has 8 nitrogen and oxygen atoms in total. The zero-order valence-corrected chi connectivity index (χ0v) is 18.3. The Kier molecular flexibility index (Phi) is 6.83. The van der Waals surface area contributed by atoms with Crippen LogP contribution in [0.2, 0.25) is 0 Å². The molecule has 1 aliphatic rings. The van der Waals surface area contributed by atoms with E-state index in [0.717, 1.165) is 37.4 Å². The maximum Gasteiger partial charge on any atom is 0.339 e. The molecule has 0 bridgehead atoms. The summed E-state index contributed by atoms with van der Waals surface area (Å²) in [6.45, 7) is 2.40. The number of fused-ring (bicyclic) bond motifs is 1. The molecule has 4 rings (SSSR count). The van der Waals surface area contributed by atoms with Gasteiger partial charge in [0.25, 0.3) is 0 Å². The van der Waals surface area contributed by atoms with Crippen LogP contribution in [0.3, 0.4) is 0 Å². The summed E-state index contributed by atoms with van der Waals surface area (Å²) in [5.74, 6) is 0.850. The van der Waals surface area contributed by atoms with Gasteiger partial charge in [0.2, 0.25) is 5.91 Å². The number of benzene rings is 1. The van der Waals surface area contributed by atoms with E-state index in [2.05, 4.69) is 26.0 Å². The molecule has 1 aromatic carbocycles. The number of nitrogens with zero attached hydrogens (tertiary/aromatic N) is 4. The van der Waals surface area contributed by atoms with E-state index in [1.165, 1.54) is 0 Å². The fourth-order valence-electron chi connectivity index (χ4n) is 2.84. The first-order valence-electron chi connectivity index (χ1n) is 9.27. The van der Waals surface area contributed by atoms with Crippen LogP contribution in [0, 0.1) is 6.92 Å². The van der Waals surface area contributed by atoms with E-state index in [1.54, 1.807) is 24.3 Å². The molecule has 0 radical (unpaired) electrons. The van der Waals surface area contributed by atoms with Crippen LogP contribution < -0.4 is 15.4 Å². The molecule has 3 heterocycles. The number of pyridine rings is 1. The van der Waals surface area contributed by atoms with Gasteiger partial charge in [0.1, 0.15) is 5.75 Å². The van der Waals surface area contributed by atoms with Gasteiger partial charge in [-0.25, -0.2) is 4.79 Å². The molecule has 0 aliphatic carbocycles. The first-order chi connectivity index (χ1) is 14.3. The molecular formula is C21H22BrN5O3. The molecule has 2 aromatic heterocycles. The van der Waals surface area contributed by atoms with Crippen LogP contribution in [0.25, 0.3) is 0 Å². The van der Waals surface area contributed by atoms with Crippen molar-refractivity contribution in [1.82, 2.24) is 14.8 Å². The van der Waals surface area contributed by atoms with E-state index >= 15 is 0 Å². The number of carbonyl (C=O) groups is 2. The van der Waals surface area contributed by atoms with E-state index in [-0.39, 0.29) is 5.91 Å². The Morgan fingerprint density at radius 2 is 2.03 bits per heavy atom. The minimum atomic E-state index is -0.576. The van der Waals surface area contributed by atoms with Crippen LogP contribution in [-0.2, 0) is 11.2 Å². The molecule has 2 N–H and O–H groups in total. The molecule has 30 heavy (non-hydrogen) atoms. The number of amides is 2. The second-order valence-corrected chi connectivity index (χ2v) is 7.69. The molecule has 0 unspecified atom stereocenters. The number of nitrogens with two attached hydrogens (primary N) is 1. The van der Waals surface area contributed by atoms with Crippen LogP contribution in [0.5, 0.6) is 5.75 Å². The third kappa shape index (κ3) is 5.44. The monoisotopic (exact) mass is 471 g/mol. The Hall–Kier alpha value is -3.20. The van der Waals surface area contributed by atoms with Gasteiger partial charge in [-0.05, 0) is 42.3 Å². The van der Waals surface area contributed by atoms with Gasteiger partial charge in [0, 0.05) is 36.0 Å².